The number of H-pyrrole nitrogens is 2. The molecule has 0 aliphatic carbocycles. The van der Waals surface area contributed by atoms with Crippen molar-refractivity contribution in [3.05, 3.63) is 31.5 Å². The van der Waals surface area contributed by atoms with Gasteiger partial charge in [0.2, 0.25) is 0 Å². The number of hydrogen-bond acceptors (Lipinski definition) is 9. The third kappa shape index (κ3) is 5.30. The zero-order chi connectivity index (χ0) is 19.6. The van der Waals surface area contributed by atoms with Crippen molar-refractivity contribution < 1.29 is 24.8 Å². The van der Waals surface area contributed by atoms with Crippen molar-refractivity contribution in [3.63, 3.8) is 0 Å². The Bertz CT molecular complexity index is 764. The summed E-state index contributed by atoms with van der Waals surface area (Å²) in [7, 11) is 0. The first-order valence-electron chi connectivity index (χ1n) is 8.60. The summed E-state index contributed by atoms with van der Waals surface area (Å²) in [5.74, 6) is 0.157. The average Bonchev–Trinajstić information content (AvgIpc) is 3.52. The largest absolute Gasteiger partial charge is 0.394 e. The van der Waals surface area contributed by atoms with E-state index in [9.17, 15) is 24.6 Å². The lowest BCUT2D eigenvalue weighted by Gasteiger charge is -2.37. The molecule has 4 unspecified atom stereocenters. The van der Waals surface area contributed by atoms with E-state index in [1.165, 1.54) is 11.8 Å². The van der Waals surface area contributed by atoms with Gasteiger partial charge in [0.1, 0.15) is 0 Å². The molecule has 152 valence electrons. The Morgan fingerprint density at radius 3 is 2.07 bits per heavy atom. The van der Waals surface area contributed by atoms with Crippen LogP contribution in [0.15, 0.2) is 14.4 Å². The number of epoxide rings is 2. The minimum absolute atomic E-state index is 0.0669. The predicted molar refractivity (Wildman–Crippen MR) is 94.9 cm³/mol. The molecular formula is C15H23N3O8S. The Balaban J connectivity index is 1.86. The van der Waals surface area contributed by atoms with Gasteiger partial charge < -0.3 is 24.8 Å². The van der Waals surface area contributed by atoms with Crippen LogP contribution in [0.25, 0.3) is 0 Å². The summed E-state index contributed by atoms with van der Waals surface area (Å²) in [5, 5.41) is 29.8. The predicted octanol–water partition coefficient (Wildman–Crippen LogP) is -3.01. The second kappa shape index (κ2) is 8.29. The van der Waals surface area contributed by atoms with Crippen LogP contribution in [0.5, 0.6) is 0 Å². The molecule has 2 fully saturated rings. The molecular weight excluding hydrogens is 382 g/mol. The molecule has 2 aliphatic heterocycles. The topological polar surface area (TPSA) is 173 Å². The molecule has 0 bridgehead atoms. The van der Waals surface area contributed by atoms with E-state index in [1.807, 2.05) is 9.97 Å². The van der Waals surface area contributed by atoms with Crippen molar-refractivity contribution in [2.75, 3.05) is 25.6 Å². The Kier molecular flexibility index (Phi) is 6.23. The molecule has 3 rings (SSSR count). The van der Waals surface area contributed by atoms with Gasteiger partial charge in [-0.3, -0.25) is 9.97 Å². The maximum Gasteiger partial charge on any atom is 0.333 e. The molecule has 5 N–H and O–H groups in total. The fraction of sp³-hybridized carbons (Fsp3) is 0.800. The minimum atomic E-state index is -1.16. The number of thioether (sulfide) groups is 1. The highest BCUT2D eigenvalue weighted by atomic mass is 32.2. The normalized spacial score (nSPS) is 25.6. The average molecular weight is 405 g/mol. The van der Waals surface area contributed by atoms with Crippen molar-refractivity contribution in [2.24, 2.45) is 0 Å². The number of aliphatic hydroxyl groups is 3. The first-order valence-corrected chi connectivity index (χ1v) is 9.59. The quantitative estimate of drug-likeness (QED) is 0.240. The Hall–Kier alpha value is -1.44. The summed E-state index contributed by atoms with van der Waals surface area (Å²) in [6.45, 7) is 0.329. The molecule has 2 aliphatic rings. The molecule has 1 aromatic rings. The van der Waals surface area contributed by atoms with Gasteiger partial charge in [-0.15, -0.1) is 11.8 Å². The number of ether oxygens (including phenoxy) is 2. The van der Waals surface area contributed by atoms with Gasteiger partial charge in [-0.25, -0.2) is 19.0 Å². The Morgan fingerprint density at radius 2 is 1.63 bits per heavy atom. The van der Waals surface area contributed by atoms with Gasteiger partial charge in [0, 0.05) is 10.5 Å². The maximum absolute atomic E-state index is 12.0. The SMILES string of the molecule is O=c1[nH]c(=O)n(CC(O)C(CC2CO2)(CC2CO2)SCC(O)CO)c(=O)[nH]1. The standard InChI is InChI=1S/C15H23N3O8S/c19-4-8(20)7-27-15(1-9-5-25-9,2-10-6-26-10)11(21)3-18-13(23)16-12(22)17-14(18)24/h8-11,19-21H,1-7H2,(H2,16,17,22,23,24). The van der Waals surface area contributed by atoms with Crippen LogP contribution in [0.1, 0.15) is 12.8 Å². The lowest BCUT2D eigenvalue weighted by molar-refractivity contribution is 0.0865. The van der Waals surface area contributed by atoms with Crippen molar-refractivity contribution >= 4 is 11.8 Å². The van der Waals surface area contributed by atoms with Crippen LogP contribution in [-0.4, -0.2) is 84.6 Å². The van der Waals surface area contributed by atoms with Gasteiger partial charge >= 0.3 is 17.1 Å². The van der Waals surface area contributed by atoms with Crippen LogP contribution in [0.4, 0.5) is 0 Å². The smallest absolute Gasteiger partial charge is 0.333 e. The van der Waals surface area contributed by atoms with Crippen LogP contribution < -0.4 is 17.1 Å². The summed E-state index contributed by atoms with van der Waals surface area (Å²) >= 11 is 1.26. The molecule has 11 nitrogen and oxygen atoms in total. The number of aliphatic hydroxyl groups excluding tert-OH is 3. The van der Waals surface area contributed by atoms with Gasteiger partial charge in [0.05, 0.1) is 50.8 Å². The lowest BCUT2D eigenvalue weighted by Crippen LogP contribution is -2.51. The van der Waals surface area contributed by atoms with Crippen molar-refractivity contribution in [1.29, 1.82) is 0 Å². The zero-order valence-corrected chi connectivity index (χ0v) is 15.3. The van der Waals surface area contributed by atoms with Crippen LogP contribution >= 0.6 is 11.8 Å². The van der Waals surface area contributed by atoms with E-state index in [2.05, 4.69) is 0 Å². The van der Waals surface area contributed by atoms with Crippen molar-refractivity contribution in [1.82, 2.24) is 14.5 Å². The summed E-state index contributed by atoms with van der Waals surface area (Å²) in [6, 6.07) is 0. The molecule has 0 amide bonds. The lowest BCUT2D eigenvalue weighted by atomic mass is 9.90. The van der Waals surface area contributed by atoms with E-state index in [4.69, 9.17) is 14.6 Å². The highest BCUT2D eigenvalue weighted by Crippen LogP contribution is 2.44. The van der Waals surface area contributed by atoms with Gasteiger partial charge in [-0.05, 0) is 12.8 Å². The van der Waals surface area contributed by atoms with Gasteiger partial charge in [0.25, 0.3) is 0 Å². The van der Waals surface area contributed by atoms with Crippen LogP contribution in [0, 0.1) is 0 Å². The van der Waals surface area contributed by atoms with E-state index in [0.717, 1.165) is 4.57 Å². The van der Waals surface area contributed by atoms with Crippen molar-refractivity contribution in [3.8, 4) is 0 Å². The molecule has 0 saturated carbocycles. The first kappa shape index (κ1) is 20.3. The van der Waals surface area contributed by atoms with Crippen molar-refractivity contribution in [2.45, 2.75) is 48.5 Å². The Morgan fingerprint density at radius 1 is 1.11 bits per heavy atom. The fourth-order valence-electron chi connectivity index (χ4n) is 2.98. The monoisotopic (exact) mass is 405 g/mol. The maximum atomic E-state index is 12.0. The Labute approximate surface area is 157 Å². The summed E-state index contributed by atoms with van der Waals surface area (Å²) in [4.78, 5) is 39.0. The second-order valence-electron chi connectivity index (χ2n) is 6.85. The molecule has 1 aromatic heterocycles. The summed E-state index contributed by atoms with van der Waals surface area (Å²) < 4.78 is 10.5. The van der Waals surface area contributed by atoms with Crippen LogP contribution in [0.3, 0.4) is 0 Å². The molecule has 3 heterocycles. The van der Waals surface area contributed by atoms with E-state index in [-0.39, 0.29) is 24.5 Å². The number of hydrogen-bond donors (Lipinski definition) is 5. The summed E-state index contributed by atoms with van der Waals surface area (Å²) in [6.07, 6.45) is -1.39. The summed E-state index contributed by atoms with van der Waals surface area (Å²) in [5.41, 5.74) is -2.75. The molecule has 0 radical (unpaired) electrons. The second-order valence-corrected chi connectivity index (χ2v) is 8.28. The highest BCUT2D eigenvalue weighted by molar-refractivity contribution is 8.00. The van der Waals surface area contributed by atoms with Crippen LogP contribution in [-0.2, 0) is 16.0 Å². The molecule has 27 heavy (non-hydrogen) atoms. The van der Waals surface area contributed by atoms with E-state index < -0.39 is 40.6 Å². The number of aromatic nitrogens is 3. The van der Waals surface area contributed by atoms with E-state index >= 15 is 0 Å². The third-order valence-electron chi connectivity index (χ3n) is 4.62. The molecule has 4 atom stereocenters. The minimum Gasteiger partial charge on any atom is -0.394 e. The van der Waals surface area contributed by atoms with Gasteiger partial charge in [0.15, 0.2) is 0 Å². The van der Waals surface area contributed by atoms with Gasteiger partial charge in [-0.1, -0.05) is 0 Å². The fourth-order valence-corrected chi connectivity index (χ4v) is 4.49. The number of aromatic amines is 2. The molecule has 0 spiro atoms. The zero-order valence-electron chi connectivity index (χ0n) is 14.5. The highest BCUT2D eigenvalue weighted by Gasteiger charge is 2.48. The molecule has 0 aromatic carbocycles. The van der Waals surface area contributed by atoms with E-state index in [0.29, 0.717) is 26.1 Å². The molecule has 2 saturated heterocycles. The number of nitrogens with one attached hydrogen (secondary N) is 2. The number of nitrogens with zero attached hydrogens (tertiary/aromatic N) is 1. The molecule has 12 heteroatoms. The van der Waals surface area contributed by atoms with E-state index in [1.54, 1.807) is 0 Å². The number of rotatable bonds is 11. The first-order chi connectivity index (χ1) is 12.8. The van der Waals surface area contributed by atoms with Crippen LogP contribution in [0.2, 0.25) is 0 Å². The third-order valence-corrected chi connectivity index (χ3v) is 6.35. The van der Waals surface area contributed by atoms with Gasteiger partial charge in [-0.2, -0.15) is 0 Å².